The molecule has 0 amide bonds. The van der Waals surface area contributed by atoms with E-state index in [-0.39, 0.29) is 11.4 Å². The van der Waals surface area contributed by atoms with Crippen LogP contribution in [0, 0.1) is 0 Å². The first-order valence-corrected chi connectivity index (χ1v) is 13.5. The first-order valence-electron chi connectivity index (χ1n) is 11.6. The summed E-state index contributed by atoms with van der Waals surface area (Å²) >= 11 is 6.44. The van der Waals surface area contributed by atoms with Crippen LogP contribution in [0.4, 0.5) is 11.6 Å². The first kappa shape index (κ1) is 25.8. The fourth-order valence-corrected chi connectivity index (χ4v) is 4.74. The van der Waals surface area contributed by atoms with E-state index < -0.39 is 10.0 Å². The molecule has 2 N–H and O–H groups in total. The molecule has 9 heteroatoms. The molecule has 7 nitrogen and oxygen atoms in total. The van der Waals surface area contributed by atoms with Crippen molar-refractivity contribution in [2.24, 2.45) is 0 Å². The highest BCUT2D eigenvalue weighted by Gasteiger charge is 2.14. The van der Waals surface area contributed by atoms with Crippen LogP contribution in [0.1, 0.15) is 13.3 Å². The molecule has 0 fully saturated rings. The molecule has 186 valence electrons. The molecule has 0 bridgehead atoms. The molecule has 1 heterocycles. The first-order chi connectivity index (χ1) is 17.5. The third kappa shape index (κ3) is 6.67. The zero-order chi connectivity index (χ0) is 25.4. The molecule has 1 aromatic heterocycles. The maximum atomic E-state index is 12.5. The number of aromatic nitrogens is 2. The van der Waals surface area contributed by atoms with Gasteiger partial charge in [0.15, 0.2) is 0 Å². The van der Waals surface area contributed by atoms with E-state index in [0.29, 0.717) is 35.6 Å². The number of nitrogens with zero attached hydrogens (tertiary/aromatic N) is 2. The SMILES string of the molecule is CCCOCCNS(=O)(=O)c1ccc(Nc2ncc(Cl)c(-c3cccc(-c4ccccc4)c3)n2)cc1. The third-order valence-electron chi connectivity index (χ3n) is 5.29. The van der Waals surface area contributed by atoms with Gasteiger partial charge >= 0.3 is 0 Å². The standard InChI is InChI=1S/C27H27ClN4O3S/c1-2-16-35-17-15-30-36(33,34)24-13-11-23(12-14-24)31-27-29-19-25(28)26(32-27)22-10-6-9-21(18-22)20-7-4-3-5-8-20/h3-14,18-19,30H,2,15-17H2,1H3,(H,29,31,32). The van der Waals surface area contributed by atoms with Crippen LogP contribution in [-0.2, 0) is 14.8 Å². The highest BCUT2D eigenvalue weighted by atomic mass is 35.5. The average Bonchev–Trinajstić information content (AvgIpc) is 2.90. The van der Waals surface area contributed by atoms with Crippen molar-refractivity contribution in [2.75, 3.05) is 25.1 Å². The Labute approximate surface area is 216 Å². The van der Waals surface area contributed by atoms with E-state index in [1.54, 1.807) is 18.3 Å². The van der Waals surface area contributed by atoms with Gasteiger partial charge in [0.05, 0.1) is 28.4 Å². The predicted octanol–water partition coefficient (Wildman–Crippen LogP) is 5.91. The van der Waals surface area contributed by atoms with E-state index in [9.17, 15) is 8.42 Å². The van der Waals surface area contributed by atoms with E-state index >= 15 is 0 Å². The second kappa shape index (κ2) is 12.1. The normalized spacial score (nSPS) is 11.4. The summed E-state index contributed by atoms with van der Waals surface area (Å²) in [5.74, 6) is 0.348. The number of hydrogen-bond donors (Lipinski definition) is 2. The van der Waals surface area contributed by atoms with Gasteiger partial charge in [0.25, 0.3) is 0 Å². The summed E-state index contributed by atoms with van der Waals surface area (Å²) in [5, 5.41) is 3.55. The largest absolute Gasteiger partial charge is 0.380 e. The van der Waals surface area contributed by atoms with Gasteiger partial charge in [0, 0.05) is 24.4 Å². The summed E-state index contributed by atoms with van der Waals surface area (Å²) in [6, 6.07) is 24.4. The number of ether oxygens (including phenoxy) is 1. The Hall–Kier alpha value is -3.30. The van der Waals surface area contributed by atoms with Crippen molar-refractivity contribution < 1.29 is 13.2 Å². The van der Waals surface area contributed by atoms with Crippen LogP contribution in [0.2, 0.25) is 5.02 Å². The van der Waals surface area contributed by atoms with E-state index in [1.807, 2.05) is 61.5 Å². The molecule has 0 unspecified atom stereocenters. The van der Waals surface area contributed by atoms with Gasteiger partial charge in [-0.05, 0) is 47.9 Å². The number of nitrogens with one attached hydrogen (secondary N) is 2. The predicted molar refractivity (Wildman–Crippen MR) is 144 cm³/mol. The molecule has 0 saturated carbocycles. The molecule has 0 spiro atoms. The third-order valence-corrected chi connectivity index (χ3v) is 7.05. The van der Waals surface area contributed by atoms with Gasteiger partial charge in [0.1, 0.15) is 0 Å². The molecule has 0 saturated heterocycles. The minimum Gasteiger partial charge on any atom is -0.380 e. The number of rotatable bonds is 11. The van der Waals surface area contributed by atoms with E-state index in [2.05, 4.69) is 20.0 Å². The molecule has 3 aromatic carbocycles. The second-order valence-corrected chi connectivity index (χ2v) is 10.2. The van der Waals surface area contributed by atoms with Crippen molar-refractivity contribution in [3.05, 3.63) is 90.1 Å². The van der Waals surface area contributed by atoms with Crippen molar-refractivity contribution in [3.63, 3.8) is 0 Å². The Bertz CT molecular complexity index is 1400. The van der Waals surface area contributed by atoms with Crippen molar-refractivity contribution in [1.82, 2.24) is 14.7 Å². The van der Waals surface area contributed by atoms with Gasteiger partial charge in [-0.2, -0.15) is 0 Å². The molecule has 4 rings (SSSR count). The van der Waals surface area contributed by atoms with Crippen LogP contribution >= 0.6 is 11.6 Å². The second-order valence-electron chi connectivity index (χ2n) is 8.00. The summed E-state index contributed by atoms with van der Waals surface area (Å²) in [5.41, 5.74) is 4.26. The van der Waals surface area contributed by atoms with E-state index in [1.165, 1.54) is 12.1 Å². The lowest BCUT2D eigenvalue weighted by atomic mass is 10.0. The van der Waals surface area contributed by atoms with Crippen molar-refractivity contribution in [1.29, 1.82) is 0 Å². The van der Waals surface area contributed by atoms with Gasteiger partial charge in [-0.15, -0.1) is 0 Å². The smallest absolute Gasteiger partial charge is 0.240 e. The zero-order valence-electron chi connectivity index (χ0n) is 19.8. The highest BCUT2D eigenvalue weighted by Crippen LogP contribution is 2.30. The molecule has 0 aliphatic rings. The summed E-state index contributed by atoms with van der Waals surface area (Å²) in [6.45, 7) is 3.15. The van der Waals surface area contributed by atoms with Crippen LogP contribution in [0.5, 0.6) is 0 Å². The Kier molecular flexibility index (Phi) is 8.66. The topological polar surface area (TPSA) is 93.2 Å². The van der Waals surface area contributed by atoms with E-state index in [0.717, 1.165) is 23.1 Å². The van der Waals surface area contributed by atoms with Crippen LogP contribution in [0.25, 0.3) is 22.4 Å². The Morgan fingerprint density at radius 1 is 0.889 bits per heavy atom. The average molecular weight is 523 g/mol. The fraction of sp³-hybridized carbons (Fsp3) is 0.185. The number of anilines is 2. The summed E-state index contributed by atoms with van der Waals surface area (Å²) in [6.07, 6.45) is 2.44. The van der Waals surface area contributed by atoms with Crippen molar-refractivity contribution in [3.8, 4) is 22.4 Å². The Morgan fingerprint density at radius 2 is 1.61 bits per heavy atom. The highest BCUT2D eigenvalue weighted by molar-refractivity contribution is 7.89. The number of halogens is 1. The Balaban J connectivity index is 1.48. The molecule has 0 aliphatic carbocycles. The van der Waals surface area contributed by atoms with Crippen LogP contribution < -0.4 is 10.0 Å². The summed E-state index contributed by atoms with van der Waals surface area (Å²) < 4.78 is 32.8. The van der Waals surface area contributed by atoms with Crippen molar-refractivity contribution >= 4 is 33.3 Å². The molecule has 0 atom stereocenters. The fourth-order valence-electron chi connectivity index (χ4n) is 3.53. The zero-order valence-corrected chi connectivity index (χ0v) is 21.4. The molecular weight excluding hydrogens is 496 g/mol. The van der Waals surface area contributed by atoms with Gasteiger partial charge in [-0.1, -0.05) is 67.1 Å². The molecule has 36 heavy (non-hydrogen) atoms. The molecule has 0 aliphatic heterocycles. The Morgan fingerprint density at radius 3 is 2.36 bits per heavy atom. The molecular formula is C27H27ClN4O3S. The number of sulfonamides is 1. The van der Waals surface area contributed by atoms with Crippen molar-refractivity contribution in [2.45, 2.75) is 18.2 Å². The van der Waals surface area contributed by atoms with Gasteiger partial charge in [-0.3, -0.25) is 0 Å². The summed E-state index contributed by atoms with van der Waals surface area (Å²) in [4.78, 5) is 9.05. The van der Waals surface area contributed by atoms with Crippen LogP contribution in [-0.4, -0.2) is 38.1 Å². The minimum absolute atomic E-state index is 0.166. The van der Waals surface area contributed by atoms with Crippen LogP contribution in [0.3, 0.4) is 0 Å². The van der Waals surface area contributed by atoms with Gasteiger partial charge in [-0.25, -0.2) is 23.1 Å². The minimum atomic E-state index is -3.62. The van der Waals surface area contributed by atoms with Gasteiger partial charge < -0.3 is 10.1 Å². The molecule has 4 aromatic rings. The van der Waals surface area contributed by atoms with E-state index in [4.69, 9.17) is 16.3 Å². The lowest BCUT2D eigenvalue weighted by Gasteiger charge is -2.11. The molecule has 0 radical (unpaired) electrons. The number of benzene rings is 3. The summed E-state index contributed by atoms with van der Waals surface area (Å²) in [7, 11) is -3.62. The lowest BCUT2D eigenvalue weighted by molar-refractivity contribution is 0.140. The quantitative estimate of drug-likeness (QED) is 0.238. The maximum Gasteiger partial charge on any atom is 0.240 e. The van der Waals surface area contributed by atoms with Crippen LogP contribution in [0.15, 0.2) is 90.0 Å². The monoisotopic (exact) mass is 522 g/mol. The lowest BCUT2D eigenvalue weighted by Crippen LogP contribution is -2.27. The number of hydrogen-bond acceptors (Lipinski definition) is 6. The maximum absolute atomic E-state index is 12.5. The van der Waals surface area contributed by atoms with Gasteiger partial charge in [0.2, 0.25) is 16.0 Å².